The Labute approximate surface area is 176 Å². The summed E-state index contributed by atoms with van der Waals surface area (Å²) in [5, 5.41) is 3.26. The van der Waals surface area contributed by atoms with Crippen molar-refractivity contribution in [3.8, 4) is 0 Å². The van der Waals surface area contributed by atoms with E-state index < -0.39 is 11.7 Å². The van der Waals surface area contributed by atoms with Crippen LogP contribution in [0.5, 0.6) is 0 Å². The van der Waals surface area contributed by atoms with Gasteiger partial charge in [0, 0.05) is 36.8 Å². The lowest BCUT2D eigenvalue weighted by atomic mass is 10.1. The first-order chi connectivity index (χ1) is 14.2. The quantitative estimate of drug-likeness (QED) is 0.698. The second-order valence-electron chi connectivity index (χ2n) is 6.85. The zero-order valence-electron chi connectivity index (χ0n) is 16.6. The molecule has 1 fully saturated rings. The van der Waals surface area contributed by atoms with Crippen LogP contribution in [0.4, 0.5) is 28.9 Å². The number of pyridine rings is 1. The molecular weight excluding hydrogens is 415 g/mol. The maximum atomic E-state index is 13.3. The number of hydrogen-bond acceptors (Lipinski definition) is 5. The first-order valence-electron chi connectivity index (χ1n) is 9.32. The zero-order chi connectivity index (χ0) is 21.9. The lowest BCUT2D eigenvalue weighted by Gasteiger charge is -2.40. The highest BCUT2D eigenvalue weighted by Gasteiger charge is 2.37. The van der Waals surface area contributed by atoms with E-state index in [1.165, 1.54) is 23.6 Å². The Morgan fingerprint density at radius 2 is 2.17 bits per heavy atom. The van der Waals surface area contributed by atoms with E-state index in [1.54, 1.807) is 35.0 Å². The summed E-state index contributed by atoms with van der Waals surface area (Å²) < 4.78 is 39.9. The SMILES string of the molecule is C=C/C=C\c1nc(NC(=O)N2CCN(c3ncccc3C(F)(F)F)CC2C)sc1C. The van der Waals surface area contributed by atoms with Crippen LogP contribution in [-0.4, -0.2) is 46.6 Å². The summed E-state index contributed by atoms with van der Waals surface area (Å²) in [5.74, 6) is -0.105. The van der Waals surface area contributed by atoms with E-state index in [0.717, 1.165) is 16.6 Å². The number of rotatable bonds is 4. The van der Waals surface area contributed by atoms with Crippen LogP contribution in [0.15, 0.2) is 37.1 Å². The van der Waals surface area contributed by atoms with Gasteiger partial charge in [-0.05, 0) is 32.1 Å². The maximum Gasteiger partial charge on any atom is 0.419 e. The number of allylic oxidation sites excluding steroid dienone is 2. The maximum absolute atomic E-state index is 13.3. The van der Waals surface area contributed by atoms with Gasteiger partial charge in [0.2, 0.25) is 0 Å². The summed E-state index contributed by atoms with van der Waals surface area (Å²) in [7, 11) is 0. The van der Waals surface area contributed by atoms with E-state index in [1.807, 2.05) is 6.92 Å². The summed E-state index contributed by atoms with van der Waals surface area (Å²) in [6.45, 7) is 8.09. The number of hydrogen-bond donors (Lipinski definition) is 1. The standard InChI is InChI=1S/C20H22F3N5OS/c1-4-5-8-16-14(3)30-18(25-16)26-19(29)28-11-10-27(12-13(28)2)17-15(20(21,22)23)7-6-9-24-17/h4-9,13H,1,10-12H2,2-3H3,(H,25,26,29)/b8-5-. The molecular formula is C20H22F3N5OS. The van der Waals surface area contributed by atoms with Gasteiger partial charge in [0.25, 0.3) is 0 Å². The molecule has 1 saturated heterocycles. The number of carbonyl (C=O) groups is 1. The Hall–Kier alpha value is -2.88. The number of halogens is 3. The average molecular weight is 437 g/mol. The number of carbonyl (C=O) groups excluding carboxylic acids is 1. The topological polar surface area (TPSA) is 61.4 Å². The number of nitrogens with one attached hydrogen (secondary N) is 1. The number of anilines is 2. The van der Waals surface area contributed by atoms with E-state index in [-0.39, 0.29) is 37.5 Å². The Morgan fingerprint density at radius 3 is 2.83 bits per heavy atom. The molecule has 0 saturated carbocycles. The molecule has 3 heterocycles. The van der Waals surface area contributed by atoms with Gasteiger partial charge in [0.1, 0.15) is 5.82 Å². The summed E-state index contributed by atoms with van der Waals surface area (Å²) in [6, 6.07) is 1.67. The smallest absolute Gasteiger partial charge is 0.352 e. The number of amides is 2. The molecule has 6 nitrogen and oxygen atoms in total. The van der Waals surface area contributed by atoms with E-state index in [0.29, 0.717) is 5.13 Å². The predicted octanol–water partition coefficient (Wildman–Crippen LogP) is 4.81. The number of aromatic nitrogens is 2. The Morgan fingerprint density at radius 1 is 1.40 bits per heavy atom. The van der Waals surface area contributed by atoms with Gasteiger partial charge < -0.3 is 9.80 Å². The van der Waals surface area contributed by atoms with Crippen molar-refractivity contribution in [1.82, 2.24) is 14.9 Å². The molecule has 1 aliphatic heterocycles. The van der Waals surface area contributed by atoms with Crippen molar-refractivity contribution in [2.75, 3.05) is 29.9 Å². The predicted molar refractivity (Wildman–Crippen MR) is 113 cm³/mol. The van der Waals surface area contributed by atoms with Gasteiger partial charge in [-0.3, -0.25) is 5.32 Å². The lowest BCUT2D eigenvalue weighted by Crippen LogP contribution is -2.55. The molecule has 0 aromatic carbocycles. The summed E-state index contributed by atoms with van der Waals surface area (Å²) in [5.41, 5.74) is -0.0172. The van der Waals surface area contributed by atoms with Gasteiger partial charge in [-0.1, -0.05) is 18.7 Å². The van der Waals surface area contributed by atoms with Crippen LogP contribution in [-0.2, 0) is 6.18 Å². The fourth-order valence-electron chi connectivity index (χ4n) is 3.26. The Balaban J connectivity index is 1.68. The van der Waals surface area contributed by atoms with Gasteiger partial charge in [-0.15, -0.1) is 11.3 Å². The van der Waals surface area contributed by atoms with E-state index in [4.69, 9.17) is 0 Å². The third-order valence-electron chi connectivity index (χ3n) is 4.72. The number of piperazine rings is 1. The van der Waals surface area contributed by atoms with Crippen molar-refractivity contribution in [3.05, 3.63) is 53.2 Å². The molecule has 3 rings (SSSR count). The van der Waals surface area contributed by atoms with Crippen molar-refractivity contribution in [2.24, 2.45) is 0 Å². The summed E-state index contributed by atoms with van der Waals surface area (Å²) in [4.78, 5) is 25.2. The highest BCUT2D eigenvalue weighted by Crippen LogP contribution is 2.35. The molecule has 0 aliphatic carbocycles. The summed E-state index contributed by atoms with van der Waals surface area (Å²) >= 11 is 1.36. The molecule has 1 aliphatic rings. The minimum absolute atomic E-state index is 0.105. The Kier molecular flexibility index (Phi) is 6.45. The van der Waals surface area contributed by atoms with E-state index in [2.05, 4.69) is 21.9 Å². The number of alkyl halides is 3. The number of thiazole rings is 1. The van der Waals surface area contributed by atoms with Crippen LogP contribution >= 0.6 is 11.3 Å². The summed E-state index contributed by atoms with van der Waals surface area (Å²) in [6.07, 6.45) is 2.08. The molecule has 2 aromatic rings. The first-order valence-corrected chi connectivity index (χ1v) is 10.1. The fraction of sp³-hybridized carbons (Fsp3) is 0.350. The molecule has 10 heteroatoms. The Bertz CT molecular complexity index is 956. The molecule has 1 unspecified atom stereocenters. The third-order valence-corrected chi connectivity index (χ3v) is 5.62. The first kappa shape index (κ1) is 21.8. The molecule has 2 amide bonds. The highest BCUT2D eigenvalue weighted by molar-refractivity contribution is 7.15. The number of nitrogens with zero attached hydrogens (tertiary/aromatic N) is 4. The monoisotopic (exact) mass is 437 g/mol. The van der Waals surface area contributed by atoms with Crippen LogP contribution < -0.4 is 10.2 Å². The van der Waals surface area contributed by atoms with Gasteiger partial charge >= 0.3 is 12.2 Å². The highest BCUT2D eigenvalue weighted by atomic mass is 32.1. The van der Waals surface area contributed by atoms with Gasteiger partial charge in [0.15, 0.2) is 5.13 Å². The largest absolute Gasteiger partial charge is 0.419 e. The van der Waals surface area contributed by atoms with Crippen molar-refractivity contribution >= 4 is 34.4 Å². The van der Waals surface area contributed by atoms with E-state index >= 15 is 0 Å². The van der Waals surface area contributed by atoms with Crippen LogP contribution in [0.25, 0.3) is 6.08 Å². The number of aryl methyl sites for hydroxylation is 1. The third kappa shape index (κ3) is 4.81. The minimum Gasteiger partial charge on any atom is -0.352 e. The van der Waals surface area contributed by atoms with Gasteiger partial charge in [-0.25, -0.2) is 14.8 Å². The molecule has 1 atom stereocenters. The van der Waals surface area contributed by atoms with Gasteiger partial charge in [0.05, 0.1) is 11.3 Å². The molecule has 0 bridgehead atoms. The normalized spacial score (nSPS) is 17.4. The number of urea groups is 1. The molecule has 1 N–H and O–H groups in total. The van der Waals surface area contributed by atoms with Crippen LogP contribution in [0.1, 0.15) is 23.1 Å². The van der Waals surface area contributed by atoms with Crippen LogP contribution in [0.3, 0.4) is 0 Å². The molecule has 30 heavy (non-hydrogen) atoms. The molecule has 0 radical (unpaired) electrons. The second kappa shape index (κ2) is 8.86. The molecule has 2 aromatic heterocycles. The second-order valence-corrected chi connectivity index (χ2v) is 8.05. The minimum atomic E-state index is -4.48. The van der Waals surface area contributed by atoms with Gasteiger partial charge in [-0.2, -0.15) is 13.2 Å². The van der Waals surface area contributed by atoms with Crippen LogP contribution in [0.2, 0.25) is 0 Å². The van der Waals surface area contributed by atoms with Crippen molar-refractivity contribution in [2.45, 2.75) is 26.1 Å². The lowest BCUT2D eigenvalue weighted by molar-refractivity contribution is -0.137. The average Bonchev–Trinajstić information content (AvgIpc) is 3.04. The molecule has 160 valence electrons. The fourth-order valence-corrected chi connectivity index (χ4v) is 4.05. The van der Waals surface area contributed by atoms with E-state index in [9.17, 15) is 18.0 Å². The zero-order valence-corrected chi connectivity index (χ0v) is 17.4. The molecule has 0 spiro atoms. The van der Waals surface area contributed by atoms with Crippen molar-refractivity contribution in [3.63, 3.8) is 0 Å². The van der Waals surface area contributed by atoms with Crippen LogP contribution in [0, 0.1) is 6.92 Å². The van der Waals surface area contributed by atoms with Crippen molar-refractivity contribution in [1.29, 1.82) is 0 Å². The van der Waals surface area contributed by atoms with Crippen molar-refractivity contribution < 1.29 is 18.0 Å².